The third-order valence-electron chi connectivity index (χ3n) is 4.67. The van der Waals surface area contributed by atoms with Gasteiger partial charge in [0.25, 0.3) is 0 Å². The van der Waals surface area contributed by atoms with E-state index < -0.39 is 0 Å². The van der Waals surface area contributed by atoms with E-state index in [4.69, 9.17) is 15.5 Å². The largest absolute Gasteiger partial charge is 0.497 e. The fourth-order valence-corrected chi connectivity index (χ4v) is 3.18. The van der Waals surface area contributed by atoms with E-state index in [-0.39, 0.29) is 0 Å². The zero-order chi connectivity index (χ0) is 19.7. The van der Waals surface area contributed by atoms with Crippen LogP contribution in [0.15, 0.2) is 54.6 Å². The average Bonchev–Trinajstić information content (AvgIpc) is 3.02. The second-order valence-electron chi connectivity index (χ2n) is 6.65. The van der Waals surface area contributed by atoms with Crippen LogP contribution in [0.4, 0.5) is 11.8 Å². The van der Waals surface area contributed by atoms with Crippen LogP contribution in [0.3, 0.4) is 0 Å². The average molecular weight is 374 g/mol. The molecule has 0 radical (unpaired) electrons. The van der Waals surface area contributed by atoms with Crippen molar-refractivity contribution in [2.45, 2.75) is 6.54 Å². The van der Waals surface area contributed by atoms with Crippen molar-refractivity contribution in [1.29, 1.82) is 0 Å². The van der Waals surface area contributed by atoms with E-state index in [1.165, 1.54) is 5.56 Å². The highest BCUT2D eigenvalue weighted by molar-refractivity contribution is 5.99. The van der Waals surface area contributed by atoms with Crippen molar-refractivity contribution in [1.82, 2.24) is 19.7 Å². The zero-order valence-corrected chi connectivity index (χ0v) is 16.1. The molecule has 0 unspecified atom stereocenters. The Morgan fingerprint density at radius 2 is 1.86 bits per heavy atom. The number of anilines is 2. The number of rotatable bonds is 5. The molecule has 0 aliphatic rings. The number of aryl methyl sites for hydroxylation is 1. The molecule has 0 atom stereocenters. The Morgan fingerprint density at radius 3 is 2.61 bits per heavy atom. The minimum absolute atomic E-state index is 0.532. The lowest BCUT2D eigenvalue weighted by molar-refractivity contribution is 0.415. The molecule has 0 fully saturated rings. The van der Waals surface area contributed by atoms with Gasteiger partial charge in [0.05, 0.1) is 18.2 Å². The molecular formula is C21H22N6O. The summed E-state index contributed by atoms with van der Waals surface area (Å²) in [5.41, 5.74) is 9.67. The molecular weight excluding hydrogens is 352 g/mol. The van der Waals surface area contributed by atoms with Gasteiger partial charge in [-0.1, -0.05) is 42.5 Å². The van der Waals surface area contributed by atoms with Crippen LogP contribution in [0.25, 0.3) is 22.3 Å². The quantitative estimate of drug-likeness (QED) is 0.577. The van der Waals surface area contributed by atoms with Crippen molar-refractivity contribution in [2.24, 2.45) is 7.05 Å². The van der Waals surface area contributed by atoms with E-state index in [0.29, 0.717) is 24.0 Å². The highest BCUT2D eigenvalue weighted by Gasteiger charge is 2.19. The molecule has 0 amide bonds. The summed E-state index contributed by atoms with van der Waals surface area (Å²) in [7, 11) is 5.42. The van der Waals surface area contributed by atoms with Crippen molar-refractivity contribution in [3.63, 3.8) is 0 Å². The van der Waals surface area contributed by atoms with Gasteiger partial charge in [0.2, 0.25) is 5.95 Å². The normalized spacial score (nSPS) is 11.0. The van der Waals surface area contributed by atoms with Crippen LogP contribution in [0.1, 0.15) is 5.56 Å². The second kappa shape index (κ2) is 7.19. The minimum Gasteiger partial charge on any atom is -0.497 e. The van der Waals surface area contributed by atoms with Crippen LogP contribution in [0, 0.1) is 0 Å². The third kappa shape index (κ3) is 3.22. The molecule has 0 saturated heterocycles. The Balaban J connectivity index is 1.85. The number of aromatic nitrogens is 4. The monoisotopic (exact) mass is 374 g/mol. The maximum Gasteiger partial charge on any atom is 0.228 e. The Bertz CT molecular complexity index is 1120. The molecule has 0 spiro atoms. The van der Waals surface area contributed by atoms with Crippen LogP contribution in [-0.4, -0.2) is 33.9 Å². The topological polar surface area (TPSA) is 82.1 Å². The number of ether oxygens (including phenoxy) is 1. The molecule has 2 aromatic carbocycles. The number of hydrogen-bond acceptors (Lipinski definition) is 6. The molecule has 4 rings (SSSR count). The molecule has 4 aromatic rings. The third-order valence-corrected chi connectivity index (χ3v) is 4.67. The Labute approximate surface area is 163 Å². The molecule has 0 aliphatic heterocycles. The van der Waals surface area contributed by atoms with Gasteiger partial charge >= 0.3 is 0 Å². The van der Waals surface area contributed by atoms with Gasteiger partial charge < -0.3 is 15.4 Å². The molecule has 7 heteroatoms. The SMILES string of the molecule is COc1cccc(-c2nc(N(C)Cc3ccccc3)nc3nn(C)c(N)c23)c1. The van der Waals surface area contributed by atoms with Crippen molar-refractivity contribution in [2.75, 3.05) is 24.8 Å². The number of fused-ring (bicyclic) bond motifs is 1. The maximum absolute atomic E-state index is 6.27. The van der Waals surface area contributed by atoms with Gasteiger partial charge in [0, 0.05) is 26.2 Å². The fourth-order valence-electron chi connectivity index (χ4n) is 3.18. The molecule has 0 aliphatic carbocycles. The molecule has 142 valence electrons. The molecule has 0 saturated carbocycles. The summed E-state index contributed by atoms with van der Waals surface area (Å²) in [5.74, 6) is 1.88. The number of methoxy groups -OCH3 is 1. The fraction of sp³-hybridized carbons (Fsp3) is 0.190. The highest BCUT2D eigenvalue weighted by Crippen LogP contribution is 2.33. The van der Waals surface area contributed by atoms with Crippen LogP contribution >= 0.6 is 0 Å². The van der Waals surface area contributed by atoms with E-state index in [1.54, 1.807) is 18.8 Å². The second-order valence-corrected chi connectivity index (χ2v) is 6.65. The first-order valence-electron chi connectivity index (χ1n) is 8.96. The Hall–Kier alpha value is -3.61. The molecule has 2 heterocycles. The lowest BCUT2D eigenvalue weighted by Crippen LogP contribution is -2.19. The predicted octanol–water partition coefficient (Wildman–Crippen LogP) is 3.26. The van der Waals surface area contributed by atoms with Crippen molar-refractivity contribution < 1.29 is 4.74 Å². The van der Waals surface area contributed by atoms with Crippen LogP contribution in [0.5, 0.6) is 5.75 Å². The standard InChI is InChI=1S/C21H22N6O/c1-26(13-14-8-5-4-6-9-14)21-23-18(15-10-7-11-16(12-15)28-3)17-19(22)27(2)25-20(17)24-21/h4-12H,13,22H2,1-3H3. The predicted molar refractivity (Wildman–Crippen MR) is 111 cm³/mol. The van der Waals surface area contributed by atoms with Gasteiger partial charge in [-0.05, 0) is 17.7 Å². The first-order valence-corrected chi connectivity index (χ1v) is 8.96. The molecule has 0 bridgehead atoms. The number of nitrogens with zero attached hydrogens (tertiary/aromatic N) is 5. The minimum atomic E-state index is 0.532. The number of nitrogens with two attached hydrogens (primary N) is 1. The lowest BCUT2D eigenvalue weighted by Gasteiger charge is -2.18. The summed E-state index contributed by atoms with van der Waals surface area (Å²) >= 11 is 0. The van der Waals surface area contributed by atoms with Crippen molar-refractivity contribution in [3.05, 3.63) is 60.2 Å². The summed E-state index contributed by atoms with van der Waals surface area (Å²) in [6.45, 7) is 0.687. The first kappa shape index (κ1) is 17.8. The van der Waals surface area contributed by atoms with Gasteiger partial charge in [-0.2, -0.15) is 10.1 Å². The highest BCUT2D eigenvalue weighted by atomic mass is 16.5. The molecule has 2 aromatic heterocycles. The van der Waals surface area contributed by atoms with Crippen molar-refractivity contribution >= 4 is 22.8 Å². The molecule has 28 heavy (non-hydrogen) atoms. The summed E-state index contributed by atoms with van der Waals surface area (Å²) < 4.78 is 7.00. The van der Waals surface area contributed by atoms with E-state index in [1.807, 2.05) is 54.4 Å². The summed E-state index contributed by atoms with van der Waals surface area (Å²) in [4.78, 5) is 11.5. The van der Waals surface area contributed by atoms with E-state index >= 15 is 0 Å². The van der Waals surface area contributed by atoms with Gasteiger partial charge in [-0.3, -0.25) is 4.68 Å². The van der Waals surface area contributed by atoms with E-state index in [0.717, 1.165) is 22.4 Å². The molecule has 2 N–H and O–H groups in total. The van der Waals surface area contributed by atoms with Gasteiger partial charge in [0.15, 0.2) is 5.65 Å². The summed E-state index contributed by atoms with van der Waals surface area (Å²) in [5, 5.41) is 5.22. The van der Waals surface area contributed by atoms with Gasteiger partial charge in [0.1, 0.15) is 11.6 Å². The summed E-state index contributed by atoms with van der Waals surface area (Å²) in [6.07, 6.45) is 0. The number of hydrogen-bond donors (Lipinski definition) is 1. The number of nitrogen functional groups attached to an aromatic ring is 1. The smallest absolute Gasteiger partial charge is 0.228 e. The first-order chi connectivity index (χ1) is 13.6. The number of benzene rings is 2. The Morgan fingerprint density at radius 1 is 1.07 bits per heavy atom. The summed E-state index contributed by atoms with van der Waals surface area (Å²) in [6, 6.07) is 18.0. The van der Waals surface area contributed by atoms with Gasteiger partial charge in [-0.15, -0.1) is 0 Å². The van der Waals surface area contributed by atoms with Crippen LogP contribution in [-0.2, 0) is 13.6 Å². The van der Waals surface area contributed by atoms with Crippen molar-refractivity contribution in [3.8, 4) is 17.0 Å². The Kier molecular flexibility index (Phi) is 4.57. The van der Waals surface area contributed by atoms with Gasteiger partial charge in [-0.25, -0.2) is 4.98 Å². The lowest BCUT2D eigenvalue weighted by atomic mass is 10.1. The van der Waals surface area contributed by atoms with E-state index in [2.05, 4.69) is 22.2 Å². The zero-order valence-electron chi connectivity index (χ0n) is 16.1. The van der Waals surface area contributed by atoms with Crippen LogP contribution < -0.4 is 15.4 Å². The molecule has 7 nitrogen and oxygen atoms in total. The van der Waals surface area contributed by atoms with E-state index in [9.17, 15) is 0 Å². The maximum atomic E-state index is 6.27. The van der Waals surface area contributed by atoms with Crippen LogP contribution in [0.2, 0.25) is 0 Å².